The second kappa shape index (κ2) is 11.5. The van der Waals surface area contributed by atoms with Crippen LogP contribution < -0.4 is 0 Å². The van der Waals surface area contributed by atoms with Crippen LogP contribution in [0.3, 0.4) is 0 Å². The summed E-state index contributed by atoms with van der Waals surface area (Å²) < 4.78 is 0. The Morgan fingerprint density at radius 1 is 0.288 bits per heavy atom. The van der Waals surface area contributed by atoms with Crippen LogP contribution in [0.1, 0.15) is 45.2 Å². The third-order valence-corrected chi connectivity index (χ3v) is 11.6. The van der Waals surface area contributed by atoms with Crippen LogP contribution in [0.4, 0.5) is 0 Å². The van der Waals surface area contributed by atoms with E-state index in [2.05, 4.69) is 194 Å². The van der Waals surface area contributed by atoms with Gasteiger partial charge >= 0.3 is 0 Å². The van der Waals surface area contributed by atoms with Crippen molar-refractivity contribution in [1.82, 2.24) is 0 Å². The average molecular weight is 659 g/mol. The SMILES string of the molecule is c1ccc(-c2cc3ccccc3cc2-c2ccc(C3c4ccccc4-c4c3c3c(c5ccccc45)-c4ccccc4C3c3ccccc3)cc2)cc1. The first kappa shape index (κ1) is 29.3. The number of benzene rings is 9. The fraction of sp³-hybridized carbons (Fsp3) is 0.0385. The maximum atomic E-state index is 2.40. The molecule has 0 amide bonds. The molecular weight excluding hydrogens is 625 g/mol. The molecule has 11 rings (SSSR count). The molecule has 0 bridgehead atoms. The van der Waals surface area contributed by atoms with Crippen molar-refractivity contribution in [2.75, 3.05) is 0 Å². The molecule has 0 aliphatic heterocycles. The predicted octanol–water partition coefficient (Wildman–Crippen LogP) is 13.6. The molecule has 0 heterocycles. The maximum absolute atomic E-state index is 2.40. The van der Waals surface area contributed by atoms with E-state index in [0.717, 1.165) is 0 Å². The highest BCUT2D eigenvalue weighted by Gasteiger charge is 2.41. The van der Waals surface area contributed by atoms with Gasteiger partial charge in [0.15, 0.2) is 0 Å². The zero-order valence-corrected chi connectivity index (χ0v) is 28.6. The molecular formula is C52H34. The quantitative estimate of drug-likeness (QED) is 0.177. The summed E-state index contributed by atoms with van der Waals surface area (Å²) in [5, 5.41) is 5.21. The number of fused-ring (bicyclic) bond motifs is 11. The molecule has 2 aliphatic rings. The molecule has 0 fully saturated rings. The van der Waals surface area contributed by atoms with Gasteiger partial charge in [-0.15, -0.1) is 0 Å². The predicted molar refractivity (Wildman–Crippen MR) is 218 cm³/mol. The van der Waals surface area contributed by atoms with Crippen molar-refractivity contribution in [3.8, 4) is 44.5 Å². The highest BCUT2D eigenvalue weighted by molar-refractivity contribution is 6.12. The van der Waals surface area contributed by atoms with Gasteiger partial charge in [0.1, 0.15) is 0 Å². The molecule has 0 nitrogen and oxygen atoms in total. The van der Waals surface area contributed by atoms with Crippen LogP contribution in [-0.4, -0.2) is 0 Å². The molecule has 242 valence electrons. The highest BCUT2D eigenvalue weighted by Crippen LogP contribution is 2.61. The molecule has 0 heteroatoms. The Morgan fingerprint density at radius 2 is 0.692 bits per heavy atom. The molecule has 0 saturated heterocycles. The summed E-state index contributed by atoms with van der Waals surface area (Å²) in [6, 6.07) is 72.3. The van der Waals surface area contributed by atoms with Crippen molar-refractivity contribution in [3.05, 3.63) is 228 Å². The van der Waals surface area contributed by atoms with E-state index in [4.69, 9.17) is 0 Å². The first-order chi connectivity index (χ1) is 25.8. The van der Waals surface area contributed by atoms with Crippen molar-refractivity contribution in [1.29, 1.82) is 0 Å². The minimum absolute atomic E-state index is 0.115. The summed E-state index contributed by atoms with van der Waals surface area (Å²) >= 11 is 0. The number of hydrogen-bond donors (Lipinski definition) is 0. The average Bonchev–Trinajstić information content (AvgIpc) is 3.75. The van der Waals surface area contributed by atoms with Crippen LogP contribution in [0.5, 0.6) is 0 Å². The van der Waals surface area contributed by atoms with Crippen LogP contribution in [0.25, 0.3) is 66.1 Å². The van der Waals surface area contributed by atoms with Crippen molar-refractivity contribution in [2.45, 2.75) is 11.8 Å². The number of hydrogen-bond acceptors (Lipinski definition) is 0. The minimum Gasteiger partial charge on any atom is -0.0622 e. The van der Waals surface area contributed by atoms with Crippen LogP contribution in [0.2, 0.25) is 0 Å². The lowest BCUT2D eigenvalue weighted by Gasteiger charge is -2.24. The van der Waals surface area contributed by atoms with E-state index in [0.29, 0.717) is 0 Å². The molecule has 0 spiro atoms. The van der Waals surface area contributed by atoms with Gasteiger partial charge in [-0.05, 0) is 112 Å². The smallest absolute Gasteiger partial charge is 0.0355 e. The fourth-order valence-electron chi connectivity index (χ4n) is 9.45. The molecule has 9 aromatic carbocycles. The van der Waals surface area contributed by atoms with Crippen LogP contribution in [0, 0.1) is 0 Å². The maximum Gasteiger partial charge on any atom is 0.0355 e. The van der Waals surface area contributed by atoms with Gasteiger partial charge in [-0.25, -0.2) is 0 Å². The minimum atomic E-state index is 0.115. The number of rotatable bonds is 4. The van der Waals surface area contributed by atoms with E-state index in [1.54, 1.807) is 0 Å². The Morgan fingerprint density at radius 3 is 1.23 bits per heavy atom. The molecule has 9 aromatic rings. The van der Waals surface area contributed by atoms with Crippen molar-refractivity contribution in [3.63, 3.8) is 0 Å². The van der Waals surface area contributed by atoms with Gasteiger partial charge in [-0.3, -0.25) is 0 Å². The summed E-state index contributed by atoms with van der Waals surface area (Å²) in [7, 11) is 0. The summed E-state index contributed by atoms with van der Waals surface area (Å²) in [6.45, 7) is 0. The van der Waals surface area contributed by atoms with E-state index >= 15 is 0 Å². The first-order valence-corrected chi connectivity index (χ1v) is 18.3. The van der Waals surface area contributed by atoms with Gasteiger partial charge < -0.3 is 0 Å². The lowest BCUT2D eigenvalue weighted by atomic mass is 9.78. The molecule has 0 saturated carbocycles. The Balaban J connectivity index is 1.16. The molecule has 0 N–H and O–H groups in total. The van der Waals surface area contributed by atoms with Crippen molar-refractivity contribution >= 4 is 21.5 Å². The van der Waals surface area contributed by atoms with Crippen LogP contribution in [0.15, 0.2) is 194 Å². The van der Waals surface area contributed by atoms with Crippen LogP contribution >= 0.6 is 0 Å². The Labute approximate surface area is 304 Å². The molecule has 52 heavy (non-hydrogen) atoms. The van der Waals surface area contributed by atoms with Gasteiger partial charge in [0, 0.05) is 11.8 Å². The molecule has 0 aromatic heterocycles. The summed E-state index contributed by atoms with van der Waals surface area (Å²) in [4.78, 5) is 0. The zero-order chi connectivity index (χ0) is 34.2. The van der Waals surface area contributed by atoms with Gasteiger partial charge in [0.25, 0.3) is 0 Å². The van der Waals surface area contributed by atoms with Crippen molar-refractivity contribution in [2.24, 2.45) is 0 Å². The second-order valence-electron chi connectivity index (χ2n) is 14.3. The Bertz CT molecular complexity index is 2830. The van der Waals surface area contributed by atoms with Gasteiger partial charge in [-0.1, -0.05) is 182 Å². The Hall–Kier alpha value is -6.50. The molecule has 0 radical (unpaired) electrons. The highest BCUT2D eigenvalue weighted by atomic mass is 14.4. The molecule has 2 aliphatic carbocycles. The topological polar surface area (TPSA) is 0 Å². The van der Waals surface area contributed by atoms with Crippen LogP contribution in [-0.2, 0) is 0 Å². The van der Waals surface area contributed by atoms with E-state index in [9.17, 15) is 0 Å². The monoisotopic (exact) mass is 658 g/mol. The lowest BCUT2D eigenvalue weighted by Crippen LogP contribution is -2.08. The van der Waals surface area contributed by atoms with E-state index in [1.807, 2.05) is 0 Å². The van der Waals surface area contributed by atoms with Gasteiger partial charge in [0.05, 0.1) is 0 Å². The normalized spacial score (nSPS) is 15.3. The van der Waals surface area contributed by atoms with Crippen molar-refractivity contribution < 1.29 is 0 Å². The first-order valence-electron chi connectivity index (χ1n) is 18.3. The molecule has 2 unspecified atom stereocenters. The third-order valence-electron chi connectivity index (χ3n) is 11.6. The van der Waals surface area contributed by atoms with Gasteiger partial charge in [0.2, 0.25) is 0 Å². The lowest BCUT2D eigenvalue weighted by molar-refractivity contribution is 0.940. The zero-order valence-electron chi connectivity index (χ0n) is 28.6. The molecule has 2 atom stereocenters. The summed E-state index contributed by atoms with van der Waals surface area (Å²) in [5.74, 6) is 0.275. The fourth-order valence-corrected chi connectivity index (χ4v) is 9.45. The Kier molecular flexibility index (Phi) is 6.48. The van der Waals surface area contributed by atoms with E-state index in [1.165, 1.54) is 99.4 Å². The standard InChI is InChI=1S/C52H34/c1-3-15-33(16-4-1)45-31-37-19-7-8-20-38(37)32-46(45)34-27-29-36(30-28-34)48-40-22-10-12-24-42(40)50-44-26-14-13-25-43(44)49-41-23-11-9-21-39(41)47(51(49)52(48)50)35-17-5-2-6-18-35/h1-32,47-48H. The summed E-state index contributed by atoms with van der Waals surface area (Å²) in [5.41, 5.74) is 18.9. The van der Waals surface area contributed by atoms with E-state index < -0.39 is 0 Å². The third kappa shape index (κ3) is 4.28. The van der Waals surface area contributed by atoms with E-state index in [-0.39, 0.29) is 11.8 Å². The van der Waals surface area contributed by atoms with Gasteiger partial charge in [-0.2, -0.15) is 0 Å². The summed E-state index contributed by atoms with van der Waals surface area (Å²) in [6.07, 6.45) is 0. The second-order valence-corrected chi connectivity index (χ2v) is 14.3. The largest absolute Gasteiger partial charge is 0.0622 e.